The summed E-state index contributed by atoms with van der Waals surface area (Å²) in [6.45, 7) is 8.76. The maximum absolute atomic E-state index is 5.45. The van der Waals surface area contributed by atoms with E-state index in [0.29, 0.717) is 6.04 Å². The molecule has 1 saturated heterocycles. The van der Waals surface area contributed by atoms with Gasteiger partial charge in [-0.1, -0.05) is 0 Å². The maximum atomic E-state index is 5.45. The lowest BCUT2D eigenvalue weighted by atomic mass is 10.1. The fourth-order valence-electron chi connectivity index (χ4n) is 2.74. The third kappa shape index (κ3) is 2.58. The molecule has 1 aromatic rings. The van der Waals surface area contributed by atoms with Gasteiger partial charge in [0.15, 0.2) is 0 Å². The largest absolute Gasteiger partial charge is 0.379 e. The molecule has 0 saturated carbocycles. The van der Waals surface area contributed by atoms with E-state index < -0.39 is 0 Å². The normalized spacial score (nSPS) is 19.1. The van der Waals surface area contributed by atoms with E-state index >= 15 is 0 Å². The molecule has 0 spiro atoms. The molecule has 2 rings (SSSR count). The second kappa shape index (κ2) is 5.82. The Morgan fingerprint density at radius 3 is 2.50 bits per heavy atom. The van der Waals surface area contributed by atoms with Crippen molar-refractivity contribution in [1.82, 2.24) is 19.8 Å². The predicted octanol–water partition coefficient (Wildman–Crippen LogP) is 0.630. The Bertz CT molecular complexity index is 396. The van der Waals surface area contributed by atoms with Crippen LogP contribution in [-0.4, -0.2) is 54.3 Å². The lowest BCUT2D eigenvalue weighted by Crippen LogP contribution is -2.43. The van der Waals surface area contributed by atoms with Gasteiger partial charge in [0, 0.05) is 26.7 Å². The lowest BCUT2D eigenvalue weighted by molar-refractivity contribution is 0.0149. The van der Waals surface area contributed by atoms with Crippen LogP contribution in [-0.2, 0) is 11.8 Å². The van der Waals surface area contributed by atoms with Crippen molar-refractivity contribution in [2.45, 2.75) is 19.9 Å². The Labute approximate surface area is 109 Å². The summed E-state index contributed by atoms with van der Waals surface area (Å²) in [7, 11) is 4.11. The second-order valence-corrected chi connectivity index (χ2v) is 4.91. The van der Waals surface area contributed by atoms with Gasteiger partial charge >= 0.3 is 0 Å². The molecule has 0 amide bonds. The number of ether oxygens (including phenoxy) is 1. The number of aryl methyl sites for hydroxylation is 2. The summed E-state index contributed by atoms with van der Waals surface area (Å²) in [5.74, 6) is 1.08. The molecule has 2 heterocycles. The highest BCUT2D eigenvalue weighted by atomic mass is 16.5. The molecular formula is C13H24N4O. The summed E-state index contributed by atoms with van der Waals surface area (Å²) in [6.07, 6.45) is 0. The Kier molecular flexibility index (Phi) is 4.37. The molecule has 0 radical (unpaired) electrons. The molecule has 1 aliphatic rings. The molecule has 0 aliphatic carbocycles. The van der Waals surface area contributed by atoms with Gasteiger partial charge in [0.25, 0.3) is 0 Å². The Morgan fingerprint density at radius 1 is 1.33 bits per heavy atom. The first-order chi connectivity index (χ1) is 8.65. The highest BCUT2D eigenvalue weighted by molar-refractivity contribution is 5.20. The molecule has 1 aromatic heterocycles. The van der Waals surface area contributed by atoms with E-state index in [1.807, 2.05) is 7.05 Å². The van der Waals surface area contributed by atoms with Crippen LogP contribution in [0.15, 0.2) is 0 Å². The fraction of sp³-hybridized carbons (Fsp3) is 0.769. The van der Waals surface area contributed by atoms with Crippen LogP contribution in [0, 0.1) is 13.8 Å². The fourth-order valence-corrected chi connectivity index (χ4v) is 2.74. The molecule has 0 aromatic carbocycles. The summed E-state index contributed by atoms with van der Waals surface area (Å²) in [5.41, 5.74) is 2.46. The van der Waals surface area contributed by atoms with Gasteiger partial charge in [-0.05, 0) is 20.9 Å². The second-order valence-electron chi connectivity index (χ2n) is 4.91. The first kappa shape index (κ1) is 13.5. The van der Waals surface area contributed by atoms with E-state index in [1.54, 1.807) is 0 Å². The zero-order chi connectivity index (χ0) is 13.1. The van der Waals surface area contributed by atoms with Crippen LogP contribution in [0.4, 0.5) is 0 Å². The summed E-state index contributed by atoms with van der Waals surface area (Å²) in [4.78, 5) is 7.08. The summed E-state index contributed by atoms with van der Waals surface area (Å²) in [5, 5.41) is 3.30. The molecule has 0 bridgehead atoms. The van der Waals surface area contributed by atoms with Crippen molar-refractivity contribution in [2.24, 2.45) is 7.05 Å². The van der Waals surface area contributed by atoms with Crippen molar-refractivity contribution in [2.75, 3.05) is 39.9 Å². The van der Waals surface area contributed by atoms with Crippen LogP contribution < -0.4 is 5.32 Å². The monoisotopic (exact) mass is 252 g/mol. The van der Waals surface area contributed by atoms with Crippen LogP contribution in [0.3, 0.4) is 0 Å². The van der Waals surface area contributed by atoms with Gasteiger partial charge in [-0.3, -0.25) is 4.90 Å². The number of nitrogens with one attached hydrogen (secondary N) is 1. The number of nitrogens with zero attached hydrogens (tertiary/aromatic N) is 3. The number of hydrogen-bond acceptors (Lipinski definition) is 4. The summed E-state index contributed by atoms with van der Waals surface area (Å²) < 4.78 is 7.66. The minimum Gasteiger partial charge on any atom is -0.379 e. The van der Waals surface area contributed by atoms with Crippen LogP contribution in [0.25, 0.3) is 0 Å². The first-order valence-electron chi connectivity index (χ1n) is 6.61. The maximum Gasteiger partial charge on any atom is 0.105 e. The Morgan fingerprint density at radius 2 is 2.00 bits per heavy atom. The van der Waals surface area contributed by atoms with Crippen LogP contribution >= 0.6 is 0 Å². The quantitative estimate of drug-likeness (QED) is 0.853. The Balaban J connectivity index is 2.28. The number of likely N-dealkylation sites (N-methyl/N-ethyl adjacent to an activating group) is 1. The molecule has 1 unspecified atom stereocenters. The van der Waals surface area contributed by atoms with Crippen LogP contribution in [0.2, 0.25) is 0 Å². The minimum atomic E-state index is 0.380. The van der Waals surface area contributed by atoms with Gasteiger partial charge in [-0.2, -0.15) is 0 Å². The Hall–Kier alpha value is -0.910. The third-order valence-electron chi connectivity index (χ3n) is 3.75. The van der Waals surface area contributed by atoms with Gasteiger partial charge in [-0.15, -0.1) is 0 Å². The van der Waals surface area contributed by atoms with Crippen molar-refractivity contribution < 1.29 is 4.74 Å². The number of rotatable bonds is 4. The third-order valence-corrected chi connectivity index (χ3v) is 3.75. The van der Waals surface area contributed by atoms with Crippen molar-refractivity contribution >= 4 is 0 Å². The van der Waals surface area contributed by atoms with Crippen LogP contribution in [0.1, 0.15) is 23.3 Å². The average molecular weight is 252 g/mol. The van der Waals surface area contributed by atoms with Gasteiger partial charge in [0.1, 0.15) is 5.82 Å². The van der Waals surface area contributed by atoms with Crippen molar-refractivity contribution in [3.63, 3.8) is 0 Å². The van der Waals surface area contributed by atoms with Crippen molar-refractivity contribution in [3.8, 4) is 0 Å². The zero-order valence-electron chi connectivity index (χ0n) is 11.9. The van der Waals surface area contributed by atoms with E-state index in [4.69, 9.17) is 4.74 Å². The van der Waals surface area contributed by atoms with Crippen LogP contribution in [0.5, 0.6) is 0 Å². The molecule has 1 atom stereocenters. The highest BCUT2D eigenvalue weighted by Crippen LogP contribution is 2.24. The molecule has 1 aliphatic heterocycles. The lowest BCUT2D eigenvalue weighted by Gasteiger charge is -2.35. The van der Waals surface area contributed by atoms with Gasteiger partial charge in [-0.25, -0.2) is 4.98 Å². The van der Waals surface area contributed by atoms with E-state index in [2.05, 4.69) is 40.7 Å². The first-order valence-corrected chi connectivity index (χ1v) is 6.61. The van der Waals surface area contributed by atoms with E-state index in [-0.39, 0.29) is 0 Å². The number of hydrogen-bond donors (Lipinski definition) is 1. The molecule has 1 N–H and O–H groups in total. The van der Waals surface area contributed by atoms with Gasteiger partial charge in [0.2, 0.25) is 0 Å². The average Bonchev–Trinajstić information content (AvgIpc) is 2.62. The molecule has 5 nitrogen and oxygen atoms in total. The van der Waals surface area contributed by atoms with Crippen molar-refractivity contribution in [3.05, 3.63) is 17.2 Å². The smallest absolute Gasteiger partial charge is 0.105 e. The number of imidazole rings is 1. The predicted molar refractivity (Wildman–Crippen MR) is 71.7 cm³/mol. The molecular weight excluding hydrogens is 228 g/mol. The topological polar surface area (TPSA) is 42.3 Å². The standard InChI is InChI=1S/C13H24N4O/c1-10-13(16(4)11(2)15-10)12(9-14-3)17-5-7-18-8-6-17/h12,14H,5-9H2,1-4H3. The molecule has 102 valence electrons. The van der Waals surface area contributed by atoms with Crippen molar-refractivity contribution in [1.29, 1.82) is 0 Å². The minimum absolute atomic E-state index is 0.380. The number of morpholine rings is 1. The summed E-state index contributed by atoms with van der Waals surface area (Å²) in [6, 6.07) is 0.380. The van der Waals surface area contributed by atoms with Gasteiger partial charge < -0.3 is 14.6 Å². The molecule has 5 heteroatoms. The molecule has 1 fully saturated rings. The SMILES string of the molecule is CNCC(c1c(C)nc(C)n1C)N1CCOCC1. The molecule has 18 heavy (non-hydrogen) atoms. The van der Waals surface area contributed by atoms with E-state index in [9.17, 15) is 0 Å². The van der Waals surface area contributed by atoms with E-state index in [0.717, 1.165) is 44.4 Å². The zero-order valence-corrected chi connectivity index (χ0v) is 11.9. The van der Waals surface area contributed by atoms with E-state index in [1.165, 1.54) is 5.69 Å². The van der Waals surface area contributed by atoms with Gasteiger partial charge in [0.05, 0.1) is 30.6 Å². The summed E-state index contributed by atoms with van der Waals surface area (Å²) >= 11 is 0. The highest BCUT2D eigenvalue weighted by Gasteiger charge is 2.26. The number of aromatic nitrogens is 2.